The molecule has 0 aromatic heterocycles. The van der Waals surface area contributed by atoms with Crippen molar-refractivity contribution in [2.45, 2.75) is 13.1 Å². The fourth-order valence-electron chi connectivity index (χ4n) is 2.53. The molecule has 0 saturated carbocycles. The maximum Gasteiger partial charge on any atom is 0.420 e. The number of alkyl halides is 3. The van der Waals surface area contributed by atoms with Gasteiger partial charge in [0.15, 0.2) is 11.5 Å². The largest absolute Gasteiger partial charge is 0.493 e. The Hall–Kier alpha value is -3.10. The van der Waals surface area contributed by atoms with Crippen molar-refractivity contribution < 1.29 is 36.9 Å². The molecule has 0 bridgehead atoms. The molecule has 9 heteroatoms. The number of rotatable bonds is 7. The zero-order valence-corrected chi connectivity index (χ0v) is 15.8. The number of anilines is 1. The first-order valence-electron chi connectivity index (χ1n) is 8.20. The molecule has 1 amide bonds. The van der Waals surface area contributed by atoms with Crippen LogP contribution in [0.2, 0.25) is 0 Å². The Morgan fingerprint density at radius 3 is 2.04 bits per heavy atom. The first kappa shape index (κ1) is 21.2. The van der Waals surface area contributed by atoms with Crippen molar-refractivity contribution in [3.8, 4) is 23.0 Å². The molecule has 0 heterocycles. The number of amides is 1. The minimum Gasteiger partial charge on any atom is -0.493 e. The van der Waals surface area contributed by atoms with Crippen LogP contribution in [0, 0.1) is 0 Å². The summed E-state index contributed by atoms with van der Waals surface area (Å²) in [7, 11) is 4.20. The monoisotopic (exact) mass is 399 g/mol. The Labute approximate surface area is 160 Å². The molecule has 0 unspecified atom stereocenters. The number of halogens is 3. The van der Waals surface area contributed by atoms with E-state index in [0.717, 1.165) is 12.1 Å². The van der Waals surface area contributed by atoms with E-state index in [1.165, 1.54) is 39.5 Å². The van der Waals surface area contributed by atoms with E-state index in [2.05, 4.69) is 5.32 Å². The quantitative estimate of drug-likeness (QED) is 0.748. The van der Waals surface area contributed by atoms with E-state index in [4.69, 9.17) is 18.9 Å². The van der Waals surface area contributed by atoms with Crippen LogP contribution in [0.5, 0.6) is 23.0 Å². The van der Waals surface area contributed by atoms with E-state index in [9.17, 15) is 18.0 Å². The fraction of sp³-hybridized carbons (Fsp3) is 0.316. The zero-order chi connectivity index (χ0) is 20.9. The van der Waals surface area contributed by atoms with Crippen LogP contribution in [0.15, 0.2) is 30.3 Å². The minimum atomic E-state index is -4.63. The van der Waals surface area contributed by atoms with Crippen molar-refractivity contribution in [1.82, 2.24) is 0 Å². The molecule has 1 N–H and O–H groups in total. The molecule has 0 aliphatic carbocycles. The maximum atomic E-state index is 13.3. The van der Waals surface area contributed by atoms with E-state index >= 15 is 0 Å². The second kappa shape index (κ2) is 8.73. The molecule has 0 aliphatic rings. The van der Waals surface area contributed by atoms with Crippen LogP contribution >= 0.6 is 0 Å². The Morgan fingerprint density at radius 2 is 1.57 bits per heavy atom. The summed E-state index contributed by atoms with van der Waals surface area (Å²) in [5, 5.41) is 2.43. The van der Waals surface area contributed by atoms with E-state index in [0.29, 0.717) is 5.75 Å². The smallest absolute Gasteiger partial charge is 0.420 e. The van der Waals surface area contributed by atoms with E-state index in [-0.39, 0.29) is 35.1 Å². The number of benzene rings is 2. The van der Waals surface area contributed by atoms with Gasteiger partial charge in [-0.1, -0.05) is 0 Å². The molecule has 0 atom stereocenters. The van der Waals surface area contributed by atoms with Crippen molar-refractivity contribution in [3.05, 3.63) is 41.5 Å². The fourth-order valence-corrected chi connectivity index (χ4v) is 2.53. The molecule has 0 fully saturated rings. The number of hydrogen-bond donors (Lipinski definition) is 1. The molecule has 0 aliphatic heterocycles. The summed E-state index contributed by atoms with van der Waals surface area (Å²) in [6.45, 7) is 1.67. The average molecular weight is 399 g/mol. The third kappa shape index (κ3) is 4.59. The third-order valence-electron chi connectivity index (χ3n) is 3.77. The molecular weight excluding hydrogens is 379 g/mol. The second-order valence-corrected chi connectivity index (χ2v) is 5.51. The lowest BCUT2D eigenvalue weighted by Crippen LogP contribution is -2.14. The highest BCUT2D eigenvalue weighted by Crippen LogP contribution is 2.39. The summed E-state index contributed by atoms with van der Waals surface area (Å²) in [6, 6.07) is 6.11. The summed E-state index contributed by atoms with van der Waals surface area (Å²) in [5.41, 5.74) is -0.886. The van der Waals surface area contributed by atoms with Gasteiger partial charge in [0.05, 0.1) is 33.5 Å². The Kier molecular flexibility index (Phi) is 6.61. The van der Waals surface area contributed by atoms with Gasteiger partial charge in [-0.2, -0.15) is 13.2 Å². The van der Waals surface area contributed by atoms with Gasteiger partial charge in [0.2, 0.25) is 5.75 Å². The van der Waals surface area contributed by atoms with Crippen LogP contribution in [0.25, 0.3) is 0 Å². The molecule has 28 heavy (non-hydrogen) atoms. The lowest BCUT2D eigenvalue weighted by atomic mass is 10.1. The van der Waals surface area contributed by atoms with Crippen LogP contribution in [0.4, 0.5) is 18.9 Å². The van der Waals surface area contributed by atoms with Crippen LogP contribution < -0.4 is 24.3 Å². The molecule has 0 spiro atoms. The van der Waals surface area contributed by atoms with Gasteiger partial charge in [-0.15, -0.1) is 0 Å². The van der Waals surface area contributed by atoms with Crippen molar-refractivity contribution in [2.75, 3.05) is 33.3 Å². The standard InChI is InChI=1S/C19H20F3NO5/c1-5-28-14-7-6-12(10-13(14)19(20,21)22)23-18(24)11-8-15(25-2)17(27-4)16(9-11)26-3/h6-10H,5H2,1-4H3,(H,23,24). The number of methoxy groups -OCH3 is 3. The molecule has 0 radical (unpaired) electrons. The van der Waals surface area contributed by atoms with E-state index in [1.54, 1.807) is 6.92 Å². The van der Waals surface area contributed by atoms with E-state index < -0.39 is 17.6 Å². The average Bonchev–Trinajstić information content (AvgIpc) is 2.67. The van der Waals surface area contributed by atoms with Gasteiger partial charge >= 0.3 is 6.18 Å². The number of carbonyl (C=O) groups excluding carboxylic acids is 1. The van der Waals surface area contributed by atoms with Gasteiger partial charge in [0, 0.05) is 11.3 Å². The maximum absolute atomic E-state index is 13.3. The Balaban J connectivity index is 2.37. The molecule has 2 rings (SSSR count). The highest BCUT2D eigenvalue weighted by Gasteiger charge is 2.35. The van der Waals surface area contributed by atoms with Crippen LogP contribution in [0.3, 0.4) is 0 Å². The van der Waals surface area contributed by atoms with Gasteiger partial charge < -0.3 is 24.3 Å². The molecule has 6 nitrogen and oxygen atoms in total. The first-order chi connectivity index (χ1) is 13.2. The van der Waals surface area contributed by atoms with Crippen molar-refractivity contribution in [2.24, 2.45) is 0 Å². The molecule has 152 valence electrons. The van der Waals surface area contributed by atoms with Gasteiger partial charge in [-0.3, -0.25) is 4.79 Å². The zero-order valence-electron chi connectivity index (χ0n) is 15.8. The van der Waals surface area contributed by atoms with Gasteiger partial charge in [-0.05, 0) is 37.3 Å². The predicted octanol–water partition coefficient (Wildman–Crippen LogP) is 4.38. The summed E-state index contributed by atoms with van der Waals surface area (Å²) in [6.07, 6.45) is -4.63. The van der Waals surface area contributed by atoms with Crippen LogP contribution in [0.1, 0.15) is 22.8 Å². The Morgan fingerprint density at radius 1 is 0.964 bits per heavy atom. The SMILES string of the molecule is CCOc1ccc(NC(=O)c2cc(OC)c(OC)c(OC)c2)cc1C(F)(F)F. The van der Waals surface area contributed by atoms with Crippen LogP contribution in [-0.4, -0.2) is 33.8 Å². The van der Waals surface area contributed by atoms with Crippen molar-refractivity contribution in [3.63, 3.8) is 0 Å². The highest BCUT2D eigenvalue weighted by molar-refractivity contribution is 6.05. The summed E-state index contributed by atoms with van der Waals surface area (Å²) >= 11 is 0. The van der Waals surface area contributed by atoms with Gasteiger partial charge in [-0.25, -0.2) is 0 Å². The third-order valence-corrected chi connectivity index (χ3v) is 3.77. The predicted molar refractivity (Wildman–Crippen MR) is 96.7 cm³/mol. The number of carbonyl (C=O) groups is 1. The summed E-state index contributed by atoms with van der Waals surface area (Å²) in [5.74, 6) is -0.163. The summed E-state index contributed by atoms with van der Waals surface area (Å²) < 4.78 is 60.3. The number of hydrogen-bond acceptors (Lipinski definition) is 5. The van der Waals surface area contributed by atoms with Gasteiger partial charge in [0.25, 0.3) is 5.91 Å². The minimum absolute atomic E-state index is 0.0328. The molecule has 2 aromatic carbocycles. The molecular formula is C19H20F3NO5. The first-order valence-corrected chi connectivity index (χ1v) is 8.20. The molecule has 0 saturated heterocycles. The normalized spacial score (nSPS) is 11.0. The van der Waals surface area contributed by atoms with E-state index in [1.807, 2.05) is 0 Å². The second-order valence-electron chi connectivity index (χ2n) is 5.51. The highest BCUT2D eigenvalue weighted by atomic mass is 19.4. The van der Waals surface area contributed by atoms with Crippen molar-refractivity contribution in [1.29, 1.82) is 0 Å². The lowest BCUT2D eigenvalue weighted by Gasteiger charge is -2.16. The Bertz CT molecular complexity index is 827. The topological polar surface area (TPSA) is 66.0 Å². The lowest BCUT2D eigenvalue weighted by molar-refractivity contribution is -0.138. The molecule has 2 aromatic rings. The van der Waals surface area contributed by atoms with Crippen LogP contribution in [-0.2, 0) is 6.18 Å². The number of nitrogens with one attached hydrogen (secondary N) is 1. The number of ether oxygens (including phenoxy) is 4. The van der Waals surface area contributed by atoms with Gasteiger partial charge in [0.1, 0.15) is 5.75 Å². The van der Waals surface area contributed by atoms with Crippen molar-refractivity contribution >= 4 is 11.6 Å². The summed E-state index contributed by atoms with van der Waals surface area (Å²) in [4.78, 5) is 12.5.